The van der Waals surface area contributed by atoms with Crippen molar-refractivity contribution in [1.29, 1.82) is 0 Å². The summed E-state index contributed by atoms with van der Waals surface area (Å²) in [6, 6.07) is 5.16. The van der Waals surface area contributed by atoms with Gasteiger partial charge in [0.25, 0.3) is 0 Å². The van der Waals surface area contributed by atoms with Crippen LogP contribution in [0.4, 0.5) is 4.39 Å². The van der Waals surface area contributed by atoms with Crippen molar-refractivity contribution in [2.45, 2.75) is 19.9 Å². The van der Waals surface area contributed by atoms with Gasteiger partial charge in [0.05, 0.1) is 7.11 Å². The van der Waals surface area contributed by atoms with Crippen molar-refractivity contribution < 1.29 is 18.7 Å². The third-order valence-electron chi connectivity index (χ3n) is 2.70. The quantitative estimate of drug-likeness (QED) is 0.663. The van der Waals surface area contributed by atoms with E-state index in [1.807, 2.05) is 0 Å². The zero-order valence-corrected chi connectivity index (χ0v) is 11.7. The van der Waals surface area contributed by atoms with E-state index < -0.39 is 17.9 Å². The second kappa shape index (κ2) is 7.43. The first-order chi connectivity index (χ1) is 9.43. The smallest absolute Gasteiger partial charge is 0.328 e. The van der Waals surface area contributed by atoms with Crippen LogP contribution in [0.2, 0.25) is 0 Å². The Kier molecular flexibility index (Phi) is 5.90. The Labute approximate surface area is 117 Å². The number of ether oxygens (including phenoxy) is 1. The molecule has 4 nitrogen and oxygen atoms in total. The third kappa shape index (κ3) is 4.84. The Morgan fingerprint density at radius 3 is 2.60 bits per heavy atom. The van der Waals surface area contributed by atoms with Gasteiger partial charge in [-0.05, 0) is 29.7 Å². The fourth-order valence-corrected chi connectivity index (χ4v) is 1.61. The lowest BCUT2D eigenvalue weighted by Crippen LogP contribution is -2.44. The predicted molar refractivity (Wildman–Crippen MR) is 74.2 cm³/mol. The molecule has 5 heteroatoms. The van der Waals surface area contributed by atoms with Gasteiger partial charge in [-0.2, -0.15) is 0 Å². The van der Waals surface area contributed by atoms with Gasteiger partial charge >= 0.3 is 5.97 Å². The van der Waals surface area contributed by atoms with E-state index in [4.69, 9.17) is 0 Å². The molecule has 0 unspecified atom stereocenters. The van der Waals surface area contributed by atoms with Gasteiger partial charge in [-0.1, -0.05) is 26.0 Å². The molecule has 0 bridgehead atoms. The minimum absolute atomic E-state index is 0.0889. The van der Waals surface area contributed by atoms with Crippen LogP contribution in [-0.2, 0) is 14.3 Å². The van der Waals surface area contributed by atoms with Crippen molar-refractivity contribution >= 4 is 18.0 Å². The van der Waals surface area contributed by atoms with Gasteiger partial charge in [0.15, 0.2) is 0 Å². The number of methoxy groups -OCH3 is 1. The molecule has 0 aliphatic rings. The Morgan fingerprint density at radius 1 is 1.35 bits per heavy atom. The summed E-state index contributed by atoms with van der Waals surface area (Å²) in [7, 11) is 1.27. The van der Waals surface area contributed by atoms with E-state index in [1.165, 1.54) is 31.4 Å². The van der Waals surface area contributed by atoms with Crippen LogP contribution < -0.4 is 5.32 Å². The normalized spacial score (nSPS) is 12.4. The second-order valence-corrected chi connectivity index (χ2v) is 4.64. The molecule has 1 rings (SSSR count). The van der Waals surface area contributed by atoms with Crippen molar-refractivity contribution in [1.82, 2.24) is 5.32 Å². The number of rotatable bonds is 5. The fraction of sp³-hybridized carbons (Fsp3) is 0.333. The molecular formula is C15H18FNO3. The van der Waals surface area contributed by atoms with E-state index >= 15 is 0 Å². The molecule has 0 saturated heterocycles. The minimum Gasteiger partial charge on any atom is -0.467 e. The Balaban J connectivity index is 2.68. The van der Waals surface area contributed by atoms with E-state index in [-0.39, 0.29) is 11.7 Å². The van der Waals surface area contributed by atoms with E-state index in [0.29, 0.717) is 5.56 Å². The van der Waals surface area contributed by atoms with Crippen molar-refractivity contribution in [2.24, 2.45) is 5.92 Å². The summed E-state index contributed by atoms with van der Waals surface area (Å²) < 4.78 is 17.6. The average Bonchev–Trinajstić information content (AvgIpc) is 2.41. The Morgan fingerprint density at radius 2 is 2.05 bits per heavy atom. The maximum absolute atomic E-state index is 13.0. The summed E-state index contributed by atoms with van der Waals surface area (Å²) in [5, 5.41) is 2.56. The number of esters is 1. The molecule has 0 aromatic heterocycles. The van der Waals surface area contributed by atoms with Gasteiger partial charge in [0.2, 0.25) is 5.91 Å². The number of amides is 1. The highest BCUT2D eigenvalue weighted by molar-refractivity contribution is 5.94. The number of hydrogen-bond donors (Lipinski definition) is 1. The van der Waals surface area contributed by atoms with Crippen LogP contribution in [0.25, 0.3) is 6.08 Å². The summed E-state index contributed by atoms with van der Waals surface area (Å²) in [6.07, 6.45) is 2.74. The van der Waals surface area contributed by atoms with Gasteiger partial charge < -0.3 is 10.1 Å². The molecule has 1 amide bonds. The average molecular weight is 279 g/mol. The van der Waals surface area contributed by atoms with Crippen molar-refractivity contribution in [3.8, 4) is 0 Å². The van der Waals surface area contributed by atoms with E-state index in [1.54, 1.807) is 26.0 Å². The Bertz CT molecular complexity index is 512. The summed E-state index contributed by atoms with van der Waals surface area (Å²) >= 11 is 0. The highest BCUT2D eigenvalue weighted by Crippen LogP contribution is 2.06. The van der Waals surface area contributed by atoms with Gasteiger partial charge in [-0.25, -0.2) is 9.18 Å². The maximum Gasteiger partial charge on any atom is 0.328 e. The van der Waals surface area contributed by atoms with E-state index in [0.717, 1.165) is 0 Å². The molecule has 20 heavy (non-hydrogen) atoms. The molecule has 0 aliphatic heterocycles. The summed E-state index contributed by atoms with van der Waals surface area (Å²) in [4.78, 5) is 23.2. The molecule has 0 aliphatic carbocycles. The van der Waals surface area contributed by atoms with Crippen molar-refractivity contribution in [2.75, 3.05) is 7.11 Å². The molecule has 1 atom stereocenters. The molecule has 0 spiro atoms. The van der Waals surface area contributed by atoms with Gasteiger partial charge in [-0.3, -0.25) is 4.79 Å². The largest absolute Gasteiger partial charge is 0.467 e. The van der Waals surface area contributed by atoms with Crippen LogP contribution in [0, 0.1) is 11.7 Å². The molecule has 1 aromatic rings. The second-order valence-electron chi connectivity index (χ2n) is 4.64. The zero-order valence-electron chi connectivity index (χ0n) is 11.7. The lowest BCUT2D eigenvalue weighted by atomic mass is 10.0. The molecule has 0 radical (unpaired) electrons. The molecule has 0 fully saturated rings. The lowest BCUT2D eigenvalue weighted by Gasteiger charge is -2.18. The Hall–Kier alpha value is -2.17. The molecular weight excluding hydrogens is 261 g/mol. The number of carbonyl (C=O) groups excluding carboxylic acids is 2. The highest BCUT2D eigenvalue weighted by atomic mass is 19.1. The van der Waals surface area contributed by atoms with Gasteiger partial charge in [0.1, 0.15) is 11.9 Å². The first-order valence-corrected chi connectivity index (χ1v) is 6.26. The molecule has 1 N–H and O–H groups in total. The van der Waals surface area contributed by atoms with Crippen LogP contribution >= 0.6 is 0 Å². The molecule has 0 heterocycles. The summed E-state index contributed by atoms with van der Waals surface area (Å²) in [5.74, 6) is -1.39. The number of halogens is 1. The van der Waals surface area contributed by atoms with Crippen LogP contribution in [0.5, 0.6) is 0 Å². The number of hydrogen-bond acceptors (Lipinski definition) is 3. The topological polar surface area (TPSA) is 55.4 Å². The van der Waals surface area contributed by atoms with E-state index in [2.05, 4.69) is 10.1 Å². The molecule has 108 valence electrons. The summed E-state index contributed by atoms with van der Waals surface area (Å²) in [6.45, 7) is 3.61. The predicted octanol–water partition coefficient (Wildman–Crippen LogP) is 2.15. The molecule has 1 aromatic carbocycles. The maximum atomic E-state index is 13.0. The fourth-order valence-electron chi connectivity index (χ4n) is 1.61. The zero-order chi connectivity index (χ0) is 15.1. The van der Waals surface area contributed by atoms with E-state index in [9.17, 15) is 14.0 Å². The van der Waals surface area contributed by atoms with Gasteiger partial charge in [0, 0.05) is 6.08 Å². The minimum atomic E-state index is -0.704. The number of benzene rings is 1. The van der Waals surface area contributed by atoms with Crippen molar-refractivity contribution in [3.63, 3.8) is 0 Å². The highest BCUT2D eigenvalue weighted by Gasteiger charge is 2.23. The number of nitrogens with one attached hydrogen (secondary N) is 1. The molecule has 0 saturated carbocycles. The third-order valence-corrected chi connectivity index (χ3v) is 2.70. The first kappa shape index (κ1) is 15.9. The number of carbonyl (C=O) groups is 2. The summed E-state index contributed by atoms with van der Waals surface area (Å²) in [5.41, 5.74) is 0.569. The standard InChI is InChI=1S/C15H18FNO3/c1-10(2)14(15(19)20-3)17-13(18)8-7-11-5-4-6-12(16)9-11/h4-10,14H,1-3H3,(H,17,18)/b8-7+/t14-/m0/s1. The van der Waals surface area contributed by atoms with Gasteiger partial charge in [-0.15, -0.1) is 0 Å². The van der Waals surface area contributed by atoms with Crippen LogP contribution in [-0.4, -0.2) is 25.0 Å². The van der Waals surface area contributed by atoms with Crippen LogP contribution in [0.3, 0.4) is 0 Å². The van der Waals surface area contributed by atoms with Crippen LogP contribution in [0.15, 0.2) is 30.3 Å². The first-order valence-electron chi connectivity index (χ1n) is 6.26. The lowest BCUT2D eigenvalue weighted by molar-refractivity contribution is -0.145. The SMILES string of the molecule is COC(=O)[C@@H](NC(=O)/C=C/c1cccc(F)c1)C(C)C. The van der Waals surface area contributed by atoms with Crippen LogP contribution in [0.1, 0.15) is 19.4 Å². The van der Waals surface area contributed by atoms with Crippen molar-refractivity contribution in [3.05, 3.63) is 41.7 Å². The monoisotopic (exact) mass is 279 g/mol.